The number of aryl methyl sites for hydroxylation is 1. The van der Waals surface area contributed by atoms with Gasteiger partial charge in [-0.25, -0.2) is 4.79 Å². The van der Waals surface area contributed by atoms with E-state index in [4.69, 9.17) is 9.52 Å². The Morgan fingerprint density at radius 2 is 2.13 bits per heavy atom. The van der Waals surface area contributed by atoms with Crippen LogP contribution in [0.2, 0.25) is 0 Å². The summed E-state index contributed by atoms with van der Waals surface area (Å²) >= 11 is 0. The molecule has 0 aromatic carbocycles. The summed E-state index contributed by atoms with van der Waals surface area (Å²) in [7, 11) is 0. The predicted octanol–water partition coefficient (Wildman–Crippen LogP) is 0.935. The van der Waals surface area contributed by atoms with Gasteiger partial charge in [0.15, 0.2) is 5.76 Å². The molecular weight excluding hydrogens is 198 g/mol. The molecule has 0 aliphatic heterocycles. The van der Waals surface area contributed by atoms with Gasteiger partial charge in [-0.3, -0.25) is 4.79 Å². The van der Waals surface area contributed by atoms with E-state index in [1.807, 2.05) is 0 Å². The topological polar surface area (TPSA) is 79.5 Å². The molecule has 0 saturated heterocycles. The van der Waals surface area contributed by atoms with E-state index < -0.39 is 17.4 Å². The highest BCUT2D eigenvalue weighted by Gasteiger charge is 2.52. The molecule has 0 unspecified atom stereocenters. The van der Waals surface area contributed by atoms with E-state index in [2.05, 4.69) is 5.32 Å². The van der Waals surface area contributed by atoms with Crippen molar-refractivity contribution in [1.29, 1.82) is 0 Å². The van der Waals surface area contributed by atoms with E-state index in [9.17, 15) is 9.59 Å². The highest BCUT2D eigenvalue weighted by Crippen LogP contribution is 2.35. The molecule has 0 atom stereocenters. The second-order valence-corrected chi connectivity index (χ2v) is 3.75. The minimum Gasteiger partial charge on any atom is -0.480 e. The summed E-state index contributed by atoms with van der Waals surface area (Å²) in [6.07, 6.45) is 0.960. The summed E-state index contributed by atoms with van der Waals surface area (Å²) in [6, 6.07) is 3.19. The number of aliphatic carboxylic acids is 1. The number of carbonyl (C=O) groups excluding carboxylic acids is 1. The highest BCUT2D eigenvalue weighted by molar-refractivity contribution is 5.97. The first-order chi connectivity index (χ1) is 7.03. The zero-order chi connectivity index (χ0) is 11.1. The van der Waals surface area contributed by atoms with E-state index in [1.165, 1.54) is 6.07 Å². The fourth-order valence-electron chi connectivity index (χ4n) is 1.35. The van der Waals surface area contributed by atoms with Crippen molar-refractivity contribution in [2.75, 3.05) is 0 Å². The minimum absolute atomic E-state index is 0.153. The van der Waals surface area contributed by atoms with Crippen LogP contribution in [0.25, 0.3) is 0 Å². The predicted molar refractivity (Wildman–Crippen MR) is 50.5 cm³/mol. The molecule has 1 amide bonds. The molecule has 0 bridgehead atoms. The quantitative estimate of drug-likeness (QED) is 0.776. The summed E-state index contributed by atoms with van der Waals surface area (Å²) in [5.74, 6) is -0.678. The molecule has 1 aliphatic rings. The third kappa shape index (κ3) is 1.72. The lowest BCUT2D eigenvalue weighted by Crippen LogP contribution is -2.42. The summed E-state index contributed by atoms with van der Waals surface area (Å²) in [5, 5.41) is 11.3. The zero-order valence-electron chi connectivity index (χ0n) is 8.24. The van der Waals surface area contributed by atoms with Crippen molar-refractivity contribution in [3.8, 4) is 0 Å². The molecule has 0 radical (unpaired) electrons. The van der Waals surface area contributed by atoms with Gasteiger partial charge in [-0.1, -0.05) is 0 Å². The van der Waals surface area contributed by atoms with Crippen molar-refractivity contribution >= 4 is 11.9 Å². The SMILES string of the molecule is Cc1ccc(C(=O)NC2(C(=O)O)CC2)o1. The van der Waals surface area contributed by atoms with Gasteiger partial charge >= 0.3 is 5.97 Å². The van der Waals surface area contributed by atoms with E-state index in [0.717, 1.165) is 0 Å². The lowest BCUT2D eigenvalue weighted by Gasteiger charge is -2.10. The third-order valence-electron chi connectivity index (χ3n) is 2.48. The first kappa shape index (κ1) is 9.76. The van der Waals surface area contributed by atoms with Gasteiger partial charge in [0.2, 0.25) is 0 Å². The number of hydrogen-bond donors (Lipinski definition) is 2. The molecule has 1 aromatic heterocycles. The number of furan rings is 1. The lowest BCUT2D eigenvalue weighted by atomic mass is 10.2. The summed E-state index contributed by atoms with van der Waals surface area (Å²) in [5.41, 5.74) is -1.06. The zero-order valence-corrected chi connectivity index (χ0v) is 8.24. The van der Waals surface area contributed by atoms with Crippen LogP contribution in [-0.4, -0.2) is 22.5 Å². The molecule has 2 N–H and O–H groups in total. The van der Waals surface area contributed by atoms with E-state index in [0.29, 0.717) is 18.6 Å². The van der Waals surface area contributed by atoms with Crippen molar-refractivity contribution in [3.05, 3.63) is 23.7 Å². The fourth-order valence-corrected chi connectivity index (χ4v) is 1.35. The van der Waals surface area contributed by atoms with Crippen molar-refractivity contribution in [3.63, 3.8) is 0 Å². The maximum atomic E-state index is 11.5. The van der Waals surface area contributed by atoms with E-state index in [-0.39, 0.29) is 5.76 Å². The average Bonchev–Trinajstić information content (AvgIpc) is 2.82. The van der Waals surface area contributed by atoms with Crippen LogP contribution in [0.15, 0.2) is 16.5 Å². The van der Waals surface area contributed by atoms with Gasteiger partial charge in [0.1, 0.15) is 11.3 Å². The van der Waals surface area contributed by atoms with Crippen LogP contribution >= 0.6 is 0 Å². The second kappa shape index (κ2) is 3.12. The first-order valence-corrected chi connectivity index (χ1v) is 4.66. The largest absolute Gasteiger partial charge is 0.480 e. The van der Waals surface area contributed by atoms with Crippen molar-refractivity contribution < 1.29 is 19.1 Å². The number of hydrogen-bond acceptors (Lipinski definition) is 3. The summed E-state index contributed by atoms with van der Waals surface area (Å²) in [6.45, 7) is 1.72. The first-order valence-electron chi connectivity index (χ1n) is 4.66. The third-order valence-corrected chi connectivity index (χ3v) is 2.48. The van der Waals surface area contributed by atoms with Crippen molar-refractivity contribution in [2.24, 2.45) is 0 Å². The summed E-state index contributed by atoms with van der Waals surface area (Å²) < 4.78 is 5.09. The number of amides is 1. The molecule has 80 valence electrons. The molecule has 1 aliphatic carbocycles. The number of carboxylic acids is 1. The molecule has 15 heavy (non-hydrogen) atoms. The molecule has 5 nitrogen and oxygen atoms in total. The van der Waals surface area contributed by atoms with E-state index in [1.54, 1.807) is 13.0 Å². The monoisotopic (exact) mass is 209 g/mol. The minimum atomic E-state index is -1.06. The van der Waals surface area contributed by atoms with E-state index >= 15 is 0 Å². The Morgan fingerprint density at radius 3 is 2.53 bits per heavy atom. The Morgan fingerprint density at radius 1 is 1.47 bits per heavy atom. The number of rotatable bonds is 3. The molecule has 1 fully saturated rings. The smallest absolute Gasteiger partial charge is 0.329 e. The van der Waals surface area contributed by atoms with Gasteiger partial charge in [-0.05, 0) is 31.9 Å². The molecule has 1 saturated carbocycles. The molecule has 1 aromatic rings. The Hall–Kier alpha value is -1.78. The summed E-state index contributed by atoms with van der Waals surface area (Å²) in [4.78, 5) is 22.4. The Labute approximate surface area is 86.1 Å². The Bertz CT molecular complexity index is 417. The van der Waals surface area contributed by atoms with Crippen LogP contribution < -0.4 is 5.32 Å². The van der Waals surface area contributed by atoms with Crippen LogP contribution in [-0.2, 0) is 4.79 Å². The maximum Gasteiger partial charge on any atom is 0.329 e. The fraction of sp³-hybridized carbons (Fsp3) is 0.400. The van der Waals surface area contributed by atoms with Gasteiger partial charge in [-0.15, -0.1) is 0 Å². The lowest BCUT2D eigenvalue weighted by molar-refractivity contribution is -0.140. The molecule has 0 spiro atoms. The van der Waals surface area contributed by atoms with Crippen LogP contribution in [0.4, 0.5) is 0 Å². The van der Waals surface area contributed by atoms with Crippen molar-refractivity contribution in [1.82, 2.24) is 5.32 Å². The van der Waals surface area contributed by atoms with Gasteiger partial charge in [0.25, 0.3) is 5.91 Å². The molecule has 5 heteroatoms. The van der Waals surface area contributed by atoms with Crippen LogP contribution in [0.3, 0.4) is 0 Å². The normalized spacial score (nSPS) is 17.1. The Kier molecular flexibility index (Phi) is 2.03. The molecule has 2 rings (SSSR count). The van der Waals surface area contributed by atoms with Gasteiger partial charge in [0, 0.05) is 0 Å². The highest BCUT2D eigenvalue weighted by atomic mass is 16.4. The second-order valence-electron chi connectivity index (χ2n) is 3.75. The van der Waals surface area contributed by atoms with Crippen LogP contribution in [0, 0.1) is 6.92 Å². The maximum absolute atomic E-state index is 11.5. The van der Waals surface area contributed by atoms with Gasteiger partial charge in [-0.2, -0.15) is 0 Å². The van der Waals surface area contributed by atoms with Gasteiger partial charge in [0.05, 0.1) is 0 Å². The number of nitrogens with one attached hydrogen (secondary N) is 1. The van der Waals surface area contributed by atoms with Crippen LogP contribution in [0.5, 0.6) is 0 Å². The average molecular weight is 209 g/mol. The number of carbonyl (C=O) groups is 2. The molecular formula is C10H11NO4. The van der Waals surface area contributed by atoms with Crippen LogP contribution in [0.1, 0.15) is 29.2 Å². The Balaban J connectivity index is 2.08. The number of carboxylic acid groups (broad SMARTS) is 1. The van der Waals surface area contributed by atoms with Gasteiger partial charge < -0.3 is 14.8 Å². The van der Waals surface area contributed by atoms with Crippen molar-refractivity contribution in [2.45, 2.75) is 25.3 Å². The standard InChI is InChI=1S/C10H11NO4/c1-6-2-3-7(15-6)8(12)11-10(4-5-10)9(13)14/h2-3H,4-5H2,1H3,(H,11,12)(H,13,14). The molecule has 1 heterocycles.